The molecule has 1 aliphatic heterocycles. The van der Waals surface area contributed by atoms with E-state index in [4.69, 9.17) is 9.97 Å². The van der Waals surface area contributed by atoms with Gasteiger partial charge < -0.3 is 14.7 Å². The van der Waals surface area contributed by atoms with Gasteiger partial charge in [-0.3, -0.25) is 9.97 Å². The summed E-state index contributed by atoms with van der Waals surface area (Å²) in [7, 11) is 0. The molecule has 0 amide bonds. The van der Waals surface area contributed by atoms with Gasteiger partial charge in [0.1, 0.15) is 0 Å². The van der Waals surface area contributed by atoms with Gasteiger partial charge in [-0.05, 0) is 131 Å². The van der Waals surface area contributed by atoms with Crippen molar-refractivity contribution in [3.05, 3.63) is 247 Å². The Morgan fingerprint density at radius 1 is 0.328 bits per heavy atom. The predicted octanol–water partition coefficient (Wildman–Crippen LogP) is 13.6. The molecule has 0 saturated carbocycles. The number of anilines is 9. The number of fused-ring (bicyclic) bond motifs is 9. The van der Waals surface area contributed by atoms with E-state index in [1.54, 1.807) is 0 Å². The summed E-state index contributed by atoms with van der Waals surface area (Å²) in [6.07, 6.45) is 3.78. The van der Waals surface area contributed by atoms with Crippen LogP contribution in [0.5, 0.6) is 0 Å². The Morgan fingerprint density at radius 2 is 0.690 bits per heavy atom. The molecule has 58 heavy (non-hydrogen) atoms. The monoisotopic (exact) mass is 743 g/mol. The molecule has 2 aromatic heterocycles. The third-order valence-corrected chi connectivity index (χ3v) is 11.5. The van der Waals surface area contributed by atoms with E-state index in [9.17, 15) is 0 Å². The Morgan fingerprint density at radius 3 is 1.07 bits per heavy atom. The molecule has 5 nitrogen and oxygen atoms in total. The summed E-state index contributed by atoms with van der Waals surface area (Å²) in [4.78, 5) is 17.3. The van der Waals surface area contributed by atoms with Crippen LogP contribution in [0.2, 0.25) is 0 Å². The molecule has 2 aliphatic rings. The first-order chi connectivity index (χ1) is 28.8. The van der Waals surface area contributed by atoms with Gasteiger partial charge in [0.05, 0.1) is 28.2 Å². The van der Waals surface area contributed by atoms with Crippen molar-refractivity contribution >= 4 is 51.2 Å². The van der Waals surface area contributed by atoms with E-state index in [0.29, 0.717) is 0 Å². The lowest BCUT2D eigenvalue weighted by Crippen LogP contribution is -2.36. The molecule has 5 heteroatoms. The highest BCUT2D eigenvalue weighted by Gasteiger charge is 2.53. The highest BCUT2D eigenvalue weighted by Crippen LogP contribution is 2.64. The molecule has 11 rings (SSSR count). The Balaban J connectivity index is 1.26. The second kappa shape index (κ2) is 13.8. The molecule has 1 spiro atoms. The van der Waals surface area contributed by atoms with Crippen LogP contribution in [0.4, 0.5) is 51.2 Å². The standard InChI is InChI=1S/C53H37N5/c1-6-18-38(19-7-1)56(39-20-8-2-9-21-39)43-30-32-49-47(36-43)53(45-28-16-34-54-51(45)52-46(53)29-17-35-55-52)48-37-44(31-33-50(48)58(49)42-26-14-5-15-27-42)57(40-22-10-3-11-23-40)41-24-12-4-13-25-41/h1-37H. The van der Waals surface area contributed by atoms with Crippen molar-refractivity contribution in [3.8, 4) is 11.4 Å². The van der Waals surface area contributed by atoms with Crippen LogP contribution in [-0.4, -0.2) is 9.97 Å². The van der Waals surface area contributed by atoms with Gasteiger partial charge in [-0.2, -0.15) is 0 Å². The van der Waals surface area contributed by atoms with Gasteiger partial charge in [0.15, 0.2) is 0 Å². The molecule has 274 valence electrons. The number of benzene rings is 7. The van der Waals surface area contributed by atoms with Crippen LogP contribution >= 0.6 is 0 Å². The minimum absolute atomic E-state index is 0.771. The molecule has 0 saturated heterocycles. The Labute approximate surface area is 338 Å². The van der Waals surface area contributed by atoms with Crippen LogP contribution in [0.15, 0.2) is 225 Å². The molecule has 0 fully saturated rings. The number of para-hydroxylation sites is 5. The summed E-state index contributed by atoms with van der Waals surface area (Å²) in [6, 6.07) is 75.9. The van der Waals surface area contributed by atoms with E-state index < -0.39 is 5.41 Å². The fourth-order valence-corrected chi connectivity index (χ4v) is 9.17. The molecule has 3 heterocycles. The Hall–Kier alpha value is -7.76. The zero-order chi connectivity index (χ0) is 38.5. The molecule has 1 aliphatic carbocycles. The number of pyridine rings is 2. The van der Waals surface area contributed by atoms with Crippen LogP contribution < -0.4 is 14.7 Å². The van der Waals surface area contributed by atoms with Gasteiger partial charge in [-0.25, -0.2) is 0 Å². The number of aromatic nitrogens is 2. The minimum Gasteiger partial charge on any atom is -0.310 e. The summed E-state index contributed by atoms with van der Waals surface area (Å²) in [5.74, 6) is 0. The summed E-state index contributed by atoms with van der Waals surface area (Å²) in [5, 5.41) is 0. The summed E-state index contributed by atoms with van der Waals surface area (Å²) < 4.78 is 0. The predicted molar refractivity (Wildman–Crippen MR) is 237 cm³/mol. The molecule has 0 unspecified atom stereocenters. The van der Waals surface area contributed by atoms with Gasteiger partial charge in [-0.1, -0.05) is 103 Å². The lowest BCUT2D eigenvalue weighted by Gasteiger charge is -2.45. The molecule has 0 bridgehead atoms. The van der Waals surface area contributed by atoms with Crippen molar-refractivity contribution in [1.29, 1.82) is 0 Å². The highest BCUT2D eigenvalue weighted by molar-refractivity contribution is 5.97. The first-order valence-corrected chi connectivity index (χ1v) is 19.7. The SMILES string of the molecule is c1ccc(N(c2ccccc2)c2ccc3c(c2)C2(c4cc(N(c5ccccc5)c5ccccc5)ccc4N3c3ccccc3)c3cccnc3-c3ncccc32)cc1. The Bertz CT molecular complexity index is 2640. The fraction of sp³-hybridized carbons (Fsp3) is 0.0189. The smallest absolute Gasteiger partial charge is 0.0937 e. The average molecular weight is 744 g/mol. The molecule has 0 radical (unpaired) electrons. The lowest BCUT2D eigenvalue weighted by atomic mass is 9.64. The van der Waals surface area contributed by atoms with Crippen LogP contribution in [-0.2, 0) is 5.41 Å². The van der Waals surface area contributed by atoms with Crippen molar-refractivity contribution in [2.24, 2.45) is 0 Å². The van der Waals surface area contributed by atoms with Gasteiger partial charge in [0.2, 0.25) is 0 Å². The number of hydrogen-bond donors (Lipinski definition) is 0. The van der Waals surface area contributed by atoms with Crippen LogP contribution in [0.3, 0.4) is 0 Å². The summed E-state index contributed by atoms with van der Waals surface area (Å²) in [6.45, 7) is 0. The summed E-state index contributed by atoms with van der Waals surface area (Å²) >= 11 is 0. The maximum absolute atomic E-state index is 5.08. The first kappa shape index (κ1) is 33.6. The second-order valence-electron chi connectivity index (χ2n) is 14.6. The van der Waals surface area contributed by atoms with Crippen molar-refractivity contribution in [3.63, 3.8) is 0 Å². The van der Waals surface area contributed by atoms with Crippen molar-refractivity contribution in [1.82, 2.24) is 9.97 Å². The average Bonchev–Trinajstić information content (AvgIpc) is 3.59. The third kappa shape index (κ3) is 5.17. The zero-order valence-corrected chi connectivity index (χ0v) is 31.6. The number of hydrogen-bond acceptors (Lipinski definition) is 5. The van der Waals surface area contributed by atoms with Crippen molar-refractivity contribution in [2.75, 3.05) is 14.7 Å². The molecular weight excluding hydrogens is 707 g/mol. The highest BCUT2D eigenvalue weighted by atomic mass is 15.2. The topological polar surface area (TPSA) is 35.5 Å². The van der Waals surface area contributed by atoms with E-state index in [-0.39, 0.29) is 0 Å². The maximum Gasteiger partial charge on any atom is 0.0937 e. The van der Waals surface area contributed by atoms with E-state index in [0.717, 1.165) is 84.8 Å². The van der Waals surface area contributed by atoms with Crippen molar-refractivity contribution < 1.29 is 0 Å². The lowest BCUT2D eigenvalue weighted by molar-refractivity contribution is 0.749. The molecule has 0 N–H and O–H groups in total. The van der Waals surface area contributed by atoms with E-state index in [2.05, 4.69) is 227 Å². The quantitative estimate of drug-likeness (QED) is 0.162. The second-order valence-corrected chi connectivity index (χ2v) is 14.6. The van der Waals surface area contributed by atoms with Crippen LogP contribution in [0, 0.1) is 0 Å². The fourth-order valence-electron chi connectivity index (χ4n) is 9.17. The van der Waals surface area contributed by atoms with E-state index >= 15 is 0 Å². The van der Waals surface area contributed by atoms with E-state index in [1.807, 2.05) is 12.4 Å². The van der Waals surface area contributed by atoms with E-state index in [1.165, 1.54) is 0 Å². The first-order valence-electron chi connectivity index (χ1n) is 19.7. The van der Waals surface area contributed by atoms with Crippen LogP contribution in [0.25, 0.3) is 11.4 Å². The molecule has 7 aromatic carbocycles. The minimum atomic E-state index is -0.771. The largest absolute Gasteiger partial charge is 0.310 e. The number of rotatable bonds is 7. The molecular formula is C53H37N5. The Kier molecular flexibility index (Phi) is 7.97. The third-order valence-electron chi connectivity index (χ3n) is 11.5. The van der Waals surface area contributed by atoms with Crippen LogP contribution in [0.1, 0.15) is 22.3 Å². The van der Waals surface area contributed by atoms with Crippen molar-refractivity contribution in [2.45, 2.75) is 5.41 Å². The maximum atomic E-state index is 5.08. The van der Waals surface area contributed by atoms with Gasteiger partial charge >= 0.3 is 0 Å². The van der Waals surface area contributed by atoms with Gasteiger partial charge in [0.25, 0.3) is 0 Å². The van der Waals surface area contributed by atoms with Gasteiger partial charge in [-0.15, -0.1) is 0 Å². The number of nitrogens with zero attached hydrogens (tertiary/aromatic N) is 5. The van der Waals surface area contributed by atoms with Gasteiger partial charge in [0, 0.05) is 52.2 Å². The molecule has 9 aromatic rings. The zero-order valence-electron chi connectivity index (χ0n) is 31.6. The molecule has 0 atom stereocenters. The summed E-state index contributed by atoms with van der Waals surface area (Å²) in [5.41, 5.74) is 15.3. The normalized spacial score (nSPS) is 12.9.